The minimum Gasteiger partial charge on any atom is -0.456 e. The fourth-order valence-corrected chi connectivity index (χ4v) is 5.98. The number of rotatable bonds is 8. The van der Waals surface area contributed by atoms with E-state index in [0.717, 1.165) is 100 Å². The third kappa shape index (κ3) is 4.32. The van der Waals surface area contributed by atoms with E-state index < -0.39 is 9.05 Å². The van der Waals surface area contributed by atoms with Gasteiger partial charge in [-0.2, -0.15) is 0 Å². The van der Waals surface area contributed by atoms with Crippen LogP contribution in [0.4, 0.5) is 0 Å². The second kappa shape index (κ2) is 7.73. The highest BCUT2D eigenvalue weighted by Crippen LogP contribution is 2.35. The third-order valence-corrected chi connectivity index (χ3v) is 7.07. The van der Waals surface area contributed by atoms with Crippen LogP contribution in [0.2, 0.25) is 0 Å². The van der Waals surface area contributed by atoms with Gasteiger partial charge < -0.3 is 17.7 Å². The zero-order valence-electron chi connectivity index (χ0n) is 14.9. The second-order valence-corrected chi connectivity index (χ2v) is 8.98. The highest BCUT2D eigenvalue weighted by Gasteiger charge is 2.59. The van der Waals surface area contributed by atoms with Crippen molar-refractivity contribution in [3.63, 3.8) is 0 Å². The predicted molar refractivity (Wildman–Crippen MR) is 97.8 cm³/mol. The quantitative estimate of drug-likeness (QED) is 0.516. The van der Waals surface area contributed by atoms with Gasteiger partial charge in [-0.25, -0.2) is 0 Å². The van der Waals surface area contributed by atoms with Crippen molar-refractivity contribution in [2.24, 2.45) is 0 Å². The van der Waals surface area contributed by atoms with Crippen molar-refractivity contribution in [1.29, 1.82) is 0 Å². The van der Waals surface area contributed by atoms with Gasteiger partial charge in [0.2, 0.25) is 0 Å². The molecule has 0 N–H and O–H groups in total. The van der Waals surface area contributed by atoms with E-state index in [9.17, 15) is 0 Å². The first-order valence-electron chi connectivity index (χ1n) is 9.83. The zero-order chi connectivity index (χ0) is 17.0. The SMILES string of the molecule is C1=C(O[Si](OC2=CCCC2)(OC2=CCCC2)OC2=CCCC2)CCC1. The summed E-state index contributed by atoms with van der Waals surface area (Å²) in [6, 6.07) is 0. The molecule has 0 aliphatic heterocycles. The highest BCUT2D eigenvalue weighted by atomic mass is 28.4. The van der Waals surface area contributed by atoms with Gasteiger partial charge in [-0.3, -0.25) is 0 Å². The van der Waals surface area contributed by atoms with E-state index in [-0.39, 0.29) is 0 Å². The summed E-state index contributed by atoms with van der Waals surface area (Å²) in [6.45, 7) is 0. The molecule has 25 heavy (non-hydrogen) atoms. The molecule has 0 spiro atoms. The average molecular weight is 361 g/mol. The Bertz CT molecular complexity index is 508. The van der Waals surface area contributed by atoms with E-state index in [1.54, 1.807) is 0 Å². The van der Waals surface area contributed by atoms with E-state index >= 15 is 0 Å². The van der Waals surface area contributed by atoms with Crippen molar-refractivity contribution in [2.45, 2.75) is 77.0 Å². The fraction of sp³-hybridized carbons (Fsp3) is 0.600. The minimum absolute atomic E-state index is 0.946. The predicted octanol–water partition coefficient (Wildman–Crippen LogP) is 5.76. The van der Waals surface area contributed by atoms with E-state index in [1.807, 2.05) is 0 Å². The van der Waals surface area contributed by atoms with Crippen LogP contribution >= 0.6 is 0 Å². The maximum atomic E-state index is 6.40. The summed E-state index contributed by atoms with van der Waals surface area (Å²) < 4.78 is 25.6. The molecule has 0 radical (unpaired) electrons. The van der Waals surface area contributed by atoms with Crippen molar-refractivity contribution in [1.82, 2.24) is 0 Å². The lowest BCUT2D eigenvalue weighted by atomic mass is 10.4. The van der Waals surface area contributed by atoms with E-state index in [4.69, 9.17) is 17.7 Å². The van der Waals surface area contributed by atoms with E-state index in [1.165, 1.54) is 0 Å². The Hall–Kier alpha value is -1.62. The van der Waals surface area contributed by atoms with Gasteiger partial charge in [-0.15, -0.1) is 0 Å². The van der Waals surface area contributed by atoms with Crippen LogP contribution in [0.3, 0.4) is 0 Å². The molecule has 0 bridgehead atoms. The Morgan fingerprint density at radius 2 is 0.760 bits per heavy atom. The van der Waals surface area contributed by atoms with Crippen molar-refractivity contribution >= 4 is 9.05 Å². The Labute approximate surface area is 151 Å². The summed E-state index contributed by atoms with van der Waals surface area (Å²) in [7, 11) is -3.33. The van der Waals surface area contributed by atoms with Crippen LogP contribution in [0.5, 0.6) is 0 Å². The summed E-state index contributed by atoms with van der Waals surface area (Å²) in [5.74, 6) is 3.90. The number of allylic oxidation sites excluding steroid dienone is 8. The lowest BCUT2D eigenvalue weighted by Crippen LogP contribution is -2.48. The van der Waals surface area contributed by atoms with E-state index in [2.05, 4.69) is 24.3 Å². The molecule has 5 heteroatoms. The minimum atomic E-state index is -3.33. The lowest BCUT2D eigenvalue weighted by molar-refractivity contribution is 0.0368. The maximum absolute atomic E-state index is 6.40. The molecule has 4 aliphatic rings. The molecule has 136 valence electrons. The summed E-state index contributed by atoms with van der Waals surface area (Å²) in [5.41, 5.74) is 0. The molecule has 0 atom stereocenters. The summed E-state index contributed by atoms with van der Waals surface area (Å²) >= 11 is 0. The molecule has 0 aromatic carbocycles. The van der Waals surface area contributed by atoms with Crippen LogP contribution < -0.4 is 0 Å². The van der Waals surface area contributed by atoms with Gasteiger partial charge in [-0.1, -0.05) is 0 Å². The van der Waals surface area contributed by atoms with Crippen molar-refractivity contribution in [3.8, 4) is 0 Å². The number of hydrogen-bond donors (Lipinski definition) is 0. The number of hydrogen-bond acceptors (Lipinski definition) is 4. The third-order valence-electron chi connectivity index (χ3n) is 5.02. The van der Waals surface area contributed by atoms with Crippen LogP contribution in [0, 0.1) is 0 Å². The van der Waals surface area contributed by atoms with E-state index in [0.29, 0.717) is 0 Å². The molecule has 0 unspecified atom stereocenters. The molecule has 4 aliphatic carbocycles. The van der Waals surface area contributed by atoms with Crippen LogP contribution in [-0.2, 0) is 17.7 Å². The first-order chi connectivity index (χ1) is 12.3. The van der Waals surface area contributed by atoms with Gasteiger partial charge in [-0.05, 0) is 75.7 Å². The van der Waals surface area contributed by atoms with Gasteiger partial charge >= 0.3 is 9.05 Å². The van der Waals surface area contributed by atoms with Gasteiger partial charge in [0, 0.05) is 25.7 Å². The molecular formula is C20H28O4Si. The van der Waals surface area contributed by atoms with Gasteiger partial charge in [0.05, 0.1) is 23.0 Å². The largest absolute Gasteiger partial charge is 0.965 e. The summed E-state index contributed by atoms with van der Waals surface area (Å²) in [6.07, 6.45) is 21.2. The monoisotopic (exact) mass is 360 g/mol. The normalized spacial score (nSPS) is 23.0. The second-order valence-electron chi connectivity index (χ2n) is 7.16. The van der Waals surface area contributed by atoms with Crippen LogP contribution in [-0.4, -0.2) is 9.05 Å². The Morgan fingerprint density at radius 3 is 0.960 bits per heavy atom. The first-order valence-corrected chi connectivity index (χ1v) is 11.5. The molecule has 4 rings (SSSR count). The Kier molecular flexibility index (Phi) is 5.20. The zero-order valence-corrected chi connectivity index (χ0v) is 15.9. The maximum Gasteiger partial charge on any atom is 0.965 e. The summed E-state index contributed by atoms with van der Waals surface area (Å²) in [5, 5.41) is 0. The molecular weight excluding hydrogens is 332 g/mol. The smallest absolute Gasteiger partial charge is 0.456 e. The standard InChI is InChI=1S/C20H28O4Si/c1-2-10-17(9-1)21-25(22-18-11-3-4-12-18,23-19-13-5-6-14-19)24-20-15-7-8-16-20/h9,11,13,15H,1-8,10,12,14,16H2. The van der Waals surface area contributed by atoms with Gasteiger partial charge in [0.1, 0.15) is 0 Å². The molecule has 0 fully saturated rings. The molecule has 0 amide bonds. The molecule has 4 nitrogen and oxygen atoms in total. The average Bonchev–Trinajstić information content (AvgIpc) is 3.37. The molecule has 0 saturated carbocycles. The van der Waals surface area contributed by atoms with Gasteiger partial charge in [0.15, 0.2) is 0 Å². The molecule has 0 aromatic heterocycles. The summed E-state index contributed by atoms with van der Waals surface area (Å²) in [4.78, 5) is 0. The van der Waals surface area contributed by atoms with Crippen LogP contribution in [0.25, 0.3) is 0 Å². The first kappa shape index (κ1) is 16.8. The Morgan fingerprint density at radius 1 is 0.480 bits per heavy atom. The van der Waals surface area contributed by atoms with Crippen LogP contribution in [0.15, 0.2) is 47.3 Å². The highest BCUT2D eigenvalue weighted by molar-refractivity contribution is 6.55. The Balaban J connectivity index is 1.60. The van der Waals surface area contributed by atoms with Crippen molar-refractivity contribution in [2.75, 3.05) is 0 Å². The van der Waals surface area contributed by atoms with Crippen molar-refractivity contribution in [3.05, 3.63) is 47.3 Å². The fourth-order valence-electron chi connectivity index (χ4n) is 3.70. The topological polar surface area (TPSA) is 36.9 Å². The van der Waals surface area contributed by atoms with Gasteiger partial charge in [0.25, 0.3) is 0 Å². The molecule has 0 aromatic rings. The lowest BCUT2D eigenvalue weighted by Gasteiger charge is -2.30. The van der Waals surface area contributed by atoms with Crippen molar-refractivity contribution < 1.29 is 17.7 Å². The van der Waals surface area contributed by atoms with Crippen LogP contribution in [0.1, 0.15) is 77.0 Å². The molecule has 0 saturated heterocycles. The molecule has 0 heterocycles.